The second-order valence-electron chi connectivity index (χ2n) is 3.97. The van der Waals surface area contributed by atoms with Crippen LogP contribution in [0.15, 0.2) is 61.1 Å². The number of carbonyl (C=O) groups is 1. The van der Waals surface area contributed by atoms with Gasteiger partial charge in [0.25, 0.3) is 5.91 Å². The molecule has 0 aliphatic heterocycles. The van der Waals surface area contributed by atoms with E-state index in [0.717, 1.165) is 6.08 Å². The molecule has 2 N–H and O–H groups in total. The molecular formula is C14H15BFNO3. The maximum Gasteiger partial charge on any atom is 0.490 e. The lowest BCUT2D eigenvalue weighted by atomic mass is 9.79. The van der Waals surface area contributed by atoms with Crippen molar-refractivity contribution in [2.24, 2.45) is 0 Å². The molecule has 0 bridgehead atoms. The van der Waals surface area contributed by atoms with Crippen LogP contribution in [0.3, 0.4) is 0 Å². The molecule has 6 heteroatoms. The van der Waals surface area contributed by atoms with Crippen molar-refractivity contribution in [3.05, 3.63) is 66.7 Å². The number of benzene rings is 1. The first-order valence-electron chi connectivity index (χ1n) is 5.77. The first-order valence-corrected chi connectivity index (χ1v) is 5.77. The predicted octanol–water partition coefficient (Wildman–Crippen LogP) is 1.30. The van der Waals surface area contributed by atoms with E-state index >= 15 is 0 Å². The van der Waals surface area contributed by atoms with Crippen LogP contribution in [0.1, 0.15) is 10.4 Å². The average molecular weight is 275 g/mol. The van der Waals surface area contributed by atoms with Crippen molar-refractivity contribution in [1.82, 2.24) is 5.32 Å². The highest BCUT2D eigenvalue weighted by molar-refractivity contribution is 6.60. The maximum atomic E-state index is 12.4. The van der Waals surface area contributed by atoms with Crippen molar-refractivity contribution in [2.75, 3.05) is 7.11 Å². The third-order valence-corrected chi connectivity index (χ3v) is 2.40. The van der Waals surface area contributed by atoms with Crippen molar-refractivity contribution in [2.45, 2.75) is 0 Å². The van der Waals surface area contributed by atoms with Crippen LogP contribution in [-0.2, 0) is 4.65 Å². The van der Waals surface area contributed by atoms with Crippen molar-refractivity contribution >= 4 is 18.5 Å². The van der Waals surface area contributed by atoms with Crippen LogP contribution in [-0.4, -0.2) is 25.2 Å². The largest absolute Gasteiger partial charge is 0.490 e. The van der Waals surface area contributed by atoms with Gasteiger partial charge in [-0.05, 0) is 29.7 Å². The molecule has 0 aliphatic carbocycles. The van der Waals surface area contributed by atoms with Crippen molar-refractivity contribution in [1.29, 1.82) is 0 Å². The molecule has 4 nitrogen and oxygen atoms in total. The van der Waals surface area contributed by atoms with Crippen molar-refractivity contribution in [3.63, 3.8) is 0 Å². The first-order chi connectivity index (χ1) is 9.43. The Balaban J connectivity index is 2.77. The summed E-state index contributed by atoms with van der Waals surface area (Å²) in [7, 11) is 0.258. The number of nitrogens with one attached hydrogen (secondary N) is 1. The Morgan fingerprint density at radius 1 is 1.45 bits per heavy atom. The molecule has 1 aromatic carbocycles. The molecule has 104 valence electrons. The number of hydrogen-bond acceptors (Lipinski definition) is 3. The van der Waals surface area contributed by atoms with Crippen LogP contribution in [0.2, 0.25) is 0 Å². The van der Waals surface area contributed by atoms with Gasteiger partial charge in [0.15, 0.2) is 0 Å². The van der Waals surface area contributed by atoms with E-state index in [1.807, 2.05) is 0 Å². The minimum Gasteiger partial charge on any atom is -0.423 e. The zero-order chi connectivity index (χ0) is 15.1. The summed E-state index contributed by atoms with van der Waals surface area (Å²) in [6.07, 6.45) is 2.39. The molecule has 1 amide bonds. The number of halogens is 1. The molecule has 0 radical (unpaired) electrons. The minimum absolute atomic E-state index is 0.228. The lowest BCUT2D eigenvalue weighted by Crippen LogP contribution is -2.33. The Morgan fingerprint density at radius 3 is 2.75 bits per heavy atom. The van der Waals surface area contributed by atoms with E-state index in [1.165, 1.54) is 19.3 Å². The molecule has 0 aliphatic rings. The molecule has 0 aromatic heterocycles. The highest BCUT2D eigenvalue weighted by Crippen LogP contribution is 2.01. The first kappa shape index (κ1) is 15.9. The molecular weight excluding hydrogens is 260 g/mol. The molecule has 0 saturated heterocycles. The fourth-order valence-corrected chi connectivity index (χ4v) is 1.42. The second kappa shape index (κ2) is 7.42. The lowest BCUT2D eigenvalue weighted by Gasteiger charge is -2.08. The van der Waals surface area contributed by atoms with E-state index < -0.39 is 18.9 Å². The van der Waals surface area contributed by atoms with Crippen LogP contribution >= 0.6 is 0 Å². The highest BCUT2D eigenvalue weighted by atomic mass is 19.1. The molecule has 0 spiro atoms. The Kier molecular flexibility index (Phi) is 5.89. The minimum atomic E-state index is -1.10. The standard InChI is InChI=1S/C14H15BFNO3/c1-10(16)7-8-11(2)17-14(18)12-5-4-6-13(9-12)15(19)20-3/h4-9,19H,1-2H2,3H3,(H,17,18)/b8-7-. The zero-order valence-corrected chi connectivity index (χ0v) is 11.1. The molecule has 20 heavy (non-hydrogen) atoms. The van der Waals surface area contributed by atoms with Gasteiger partial charge in [0.05, 0.1) is 0 Å². The van der Waals surface area contributed by atoms with Gasteiger partial charge in [-0.2, -0.15) is 0 Å². The van der Waals surface area contributed by atoms with Gasteiger partial charge in [-0.15, -0.1) is 0 Å². The smallest absolute Gasteiger partial charge is 0.423 e. The van der Waals surface area contributed by atoms with Crippen molar-refractivity contribution in [3.8, 4) is 0 Å². The SMILES string of the molecule is C=C(F)/C=C\C(=C)NC(=O)c1cccc(B(O)OC)c1. The van der Waals surface area contributed by atoms with Gasteiger partial charge < -0.3 is 15.0 Å². The van der Waals surface area contributed by atoms with E-state index in [4.69, 9.17) is 4.65 Å². The summed E-state index contributed by atoms with van der Waals surface area (Å²) in [5.41, 5.74) is 1.01. The number of rotatable bonds is 6. The Labute approximate surface area is 117 Å². The average Bonchev–Trinajstić information content (AvgIpc) is 2.44. The molecule has 1 rings (SSSR count). The molecule has 0 atom stereocenters. The third kappa shape index (κ3) is 4.83. The van der Waals surface area contributed by atoms with Crippen LogP contribution in [0.5, 0.6) is 0 Å². The summed E-state index contributed by atoms with van der Waals surface area (Å²) in [5.74, 6) is -1.06. The number of hydrogen-bond donors (Lipinski definition) is 2. The van der Waals surface area contributed by atoms with Crippen LogP contribution in [0.4, 0.5) is 4.39 Å². The van der Waals surface area contributed by atoms with Gasteiger partial charge in [0.2, 0.25) is 0 Å². The molecule has 0 saturated carbocycles. The zero-order valence-electron chi connectivity index (χ0n) is 11.1. The number of allylic oxidation sites excluding steroid dienone is 3. The van der Waals surface area contributed by atoms with E-state index in [-0.39, 0.29) is 5.70 Å². The van der Waals surface area contributed by atoms with E-state index in [0.29, 0.717) is 11.0 Å². The highest BCUT2D eigenvalue weighted by Gasteiger charge is 2.16. The summed E-state index contributed by atoms with van der Waals surface area (Å²) in [6, 6.07) is 6.32. The molecule has 0 unspecified atom stereocenters. The lowest BCUT2D eigenvalue weighted by molar-refractivity contribution is 0.0967. The van der Waals surface area contributed by atoms with Crippen LogP contribution < -0.4 is 10.8 Å². The number of carbonyl (C=O) groups excluding carboxylic acids is 1. The summed E-state index contributed by atoms with van der Waals surface area (Å²) >= 11 is 0. The van der Waals surface area contributed by atoms with Gasteiger partial charge in [-0.3, -0.25) is 4.79 Å². The molecule has 0 fully saturated rings. The maximum absolute atomic E-state index is 12.4. The van der Waals surface area contributed by atoms with E-state index in [1.54, 1.807) is 18.2 Å². The quantitative estimate of drug-likeness (QED) is 0.607. The monoisotopic (exact) mass is 275 g/mol. The van der Waals surface area contributed by atoms with Crippen LogP contribution in [0.25, 0.3) is 0 Å². The van der Waals surface area contributed by atoms with Crippen LogP contribution in [0, 0.1) is 0 Å². The van der Waals surface area contributed by atoms with Crippen molar-refractivity contribution < 1.29 is 18.9 Å². The summed E-state index contributed by atoms with van der Waals surface area (Å²) in [4.78, 5) is 11.9. The van der Waals surface area contributed by atoms with Gasteiger partial charge >= 0.3 is 7.12 Å². The molecule has 0 heterocycles. The Bertz CT molecular complexity index is 557. The normalized spacial score (nSPS) is 10.3. The van der Waals surface area contributed by atoms with E-state index in [2.05, 4.69) is 18.5 Å². The topological polar surface area (TPSA) is 58.6 Å². The fourth-order valence-electron chi connectivity index (χ4n) is 1.42. The van der Waals surface area contributed by atoms with Gasteiger partial charge in [0.1, 0.15) is 5.83 Å². The molecule has 1 aromatic rings. The Hall–Kier alpha value is -2.18. The van der Waals surface area contributed by atoms with Gasteiger partial charge in [-0.1, -0.05) is 25.3 Å². The fraction of sp³-hybridized carbons (Fsp3) is 0.0714. The third-order valence-electron chi connectivity index (χ3n) is 2.40. The Morgan fingerprint density at radius 2 is 2.15 bits per heavy atom. The summed E-state index contributed by atoms with van der Waals surface area (Å²) in [5, 5.41) is 12.0. The second-order valence-corrected chi connectivity index (χ2v) is 3.97. The summed E-state index contributed by atoms with van der Waals surface area (Å²) in [6.45, 7) is 6.62. The predicted molar refractivity (Wildman–Crippen MR) is 77.1 cm³/mol. The summed E-state index contributed by atoms with van der Waals surface area (Å²) < 4.78 is 17.2. The van der Waals surface area contributed by atoms with Gasteiger partial charge in [0, 0.05) is 18.4 Å². The van der Waals surface area contributed by atoms with E-state index in [9.17, 15) is 14.2 Å². The van der Waals surface area contributed by atoms with Gasteiger partial charge in [-0.25, -0.2) is 4.39 Å². The number of amides is 1.